The van der Waals surface area contributed by atoms with E-state index >= 15 is 0 Å². The smallest absolute Gasteiger partial charge is 0.251 e. The number of nitrogens with two attached hydrogens (primary N) is 1. The highest BCUT2D eigenvalue weighted by Gasteiger charge is 2.34. The van der Waals surface area contributed by atoms with E-state index in [0.717, 1.165) is 30.5 Å². The molecule has 0 bridgehead atoms. The highest BCUT2D eigenvalue weighted by atomic mass is 16.2. The second-order valence-electron chi connectivity index (χ2n) is 5.55. The van der Waals surface area contributed by atoms with E-state index in [1.54, 1.807) is 25.2 Å². The zero-order valence-electron chi connectivity index (χ0n) is 12.0. The van der Waals surface area contributed by atoms with Crippen LogP contribution < -0.4 is 16.4 Å². The highest BCUT2D eigenvalue weighted by molar-refractivity contribution is 5.96. The van der Waals surface area contributed by atoms with Crippen molar-refractivity contribution in [3.05, 3.63) is 29.3 Å². The van der Waals surface area contributed by atoms with Crippen molar-refractivity contribution in [2.75, 3.05) is 12.4 Å². The Labute approximate surface area is 118 Å². The van der Waals surface area contributed by atoms with Gasteiger partial charge < -0.3 is 16.4 Å². The lowest BCUT2D eigenvalue weighted by molar-refractivity contribution is -0.118. The van der Waals surface area contributed by atoms with E-state index in [-0.39, 0.29) is 17.4 Å². The van der Waals surface area contributed by atoms with E-state index in [9.17, 15) is 9.59 Å². The lowest BCUT2D eigenvalue weighted by Crippen LogP contribution is -2.48. The van der Waals surface area contributed by atoms with Crippen LogP contribution in [0.2, 0.25) is 0 Å². The monoisotopic (exact) mass is 275 g/mol. The Morgan fingerprint density at radius 1 is 1.35 bits per heavy atom. The lowest BCUT2D eigenvalue weighted by Gasteiger charge is -2.37. The number of carbonyl (C=O) groups is 2. The molecule has 0 atom stereocenters. The molecule has 1 fully saturated rings. The maximum atomic E-state index is 12.0. The molecule has 2 amide bonds. The van der Waals surface area contributed by atoms with Gasteiger partial charge in [0.1, 0.15) is 0 Å². The molecule has 4 N–H and O–H groups in total. The van der Waals surface area contributed by atoms with Gasteiger partial charge in [-0.25, -0.2) is 0 Å². The van der Waals surface area contributed by atoms with E-state index in [0.29, 0.717) is 12.0 Å². The molecular formula is C15H21N3O2. The predicted molar refractivity (Wildman–Crippen MR) is 78.6 cm³/mol. The molecule has 1 saturated carbocycles. The minimum absolute atomic E-state index is 0.0667. The van der Waals surface area contributed by atoms with Gasteiger partial charge >= 0.3 is 0 Å². The number of benzene rings is 1. The fourth-order valence-corrected chi connectivity index (χ4v) is 2.41. The van der Waals surface area contributed by atoms with Gasteiger partial charge in [-0.3, -0.25) is 9.59 Å². The van der Waals surface area contributed by atoms with Gasteiger partial charge in [0.05, 0.1) is 0 Å². The number of hydrogen-bond donors (Lipinski definition) is 3. The molecule has 0 aromatic heterocycles. The number of anilines is 1. The second-order valence-corrected chi connectivity index (χ2v) is 5.55. The van der Waals surface area contributed by atoms with E-state index < -0.39 is 0 Å². The van der Waals surface area contributed by atoms with Gasteiger partial charge in [0, 0.05) is 30.3 Å². The summed E-state index contributed by atoms with van der Waals surface area (Å²) in [6.07, 6.45) is 3.28. The lowest BCUT2D eigenvalue weighted by atomic mass is 9.75. The summed E-state index contributed by atoms with van der Waals surface area (Å²) in [5, 5.41) is 5.44. The maximum absolute atomic E-state index is 12.0. The van der Waals surface area contributed by atoms with Gasteiger partial charge in [-0.05, 0) is 49.9 Å². The predicted octanol–water partition coefficient (Wildman–Crippen LogP) is 1.56. The Hall–Kier alpha value is -1.88. The first-order valence-corrected chi connectivity index (χ1v) is 6.85. The molecule has 20 heavy (non-hydrogen) atoms. The number of nitrogens with one attached hydrogen (secondary N) is 2. The average molecular weight is 275 g/mol. The van der Waals surface area contributed by atoms with Crippen LogP contribution in [0, 0.1) is 6.92 Å². The largest absolute Gasteiger partial charge is 0.355 e. The molecule has 0 aliphatic heterocycles. The fourth-order valence-electron chi connectivity index (χ4n) is 2.41. The first kappa shape index (κ1) is 14.5. The van der Waals surface area contributed by atoms with Gasteiger partial charge in [-0.1, -0.05) is 0 Å². The quantitative estimate of drug-likeness (QED) is 0.779. The van der Waals surface area contributed by atoms with Crippen LogP contribution >= 0.6 is 0 Å². The van der Waals surface area contributed by atoms with Crippen LogP contribution in [0.25, 0.3) is 0 Å². The summed E-state index contributed by atoms with van der Waals surface area (Å²) in [4.78, 5) is 23.5. The van der Waals surface area contributed by atoms with Crippen LogP contribution in [0.15, 0.2) is 18.2 Å². The molecule has 0 radical (unpaired) electrons. The van der Waals surface area contributed by atoms with Crippen molar-refractivity contribution in [1.82, 2.24) is 5.32 Å². The Bertz CT molecular complexity index is 536. The standard InChI is InChI=1S/C15H21N3O2/c1-10-8-11(14(20)17-2)4-5-12(10)18-13(19)9-15(16)6-3-7-15/h4-5,8H,3,6-7,9,16H2,1-2H3,(H,17,20)(H,18,19). The molecule has 0 heterocycles. The number of hydrogen-bond acceptors (Lipinski definition) is 3. The van der Waals surface area contributed by atoms with Gasteiger partial charge in [-0.15, -0.1) is 0 Å². The normalized spacial score (nSPS) is 16.1. The van der Waals surface area contributed by atoms with Crippen molar-refractivity contribution in [3.8, 4) is 0 Å². The zero-order chi connectivity index (χ0) is 14.8. The molecule has 0 saturated heterocycles. The molecule has 1 aromatic rings. The summed E-state index contributed by atoms with van der Waals surface area (Å²) < 4.78 is 0. The Balaban J connectivity index is 2.02. The number of amides is 2. The molecular weight excluding hydrogens is 254 g/mol. The van der Waals surface area contributed by atoms with Gasteiger partial charge in [-0.2, -0.15) is 0 Å². The first-order chi connectivity index (χ1) is 9.43. The molecule has 1 aliphatic carbocycles. The molecule has 0 unspecified atom stereocenters. The van der Waals surface area contributed by atoms with Crippen molar-refractivity contribution in [1.29, 1.82) is 0 Å². The van der Waals surface area contributed by atoms with E-state index in [4.69, 9.17) is 5.73 Å². The third kappa shape index (κ3) is 3.17. The van der Waals surface area contributed by atoms with Gasteiger partial charge in [0.2, 0.25) is 5.91 Å². The molecule has 2 rings (SSSR count). The van der Waals surface area contributed by atoms with E-state index in [1.165, 1.54) is 0 Å². The molecule has 0 spiro atoms. The van der Waals surface area contributed by atoms with Gasteiger partial charge in [0.25, 0.3) is 5.91 Å². The van der Waals surface area contributed by atoms with E-state index in [2.05, 4.69) is 10.6 Å². The Morgan fingerprint density at radius 3 is 2.55 bits per heavy atom. The number of aryl methyl sites for hydroxylation is 1. The summed E-state index contributed by atoms with van der Waals surface area (Å²) in [7, 11) is 1.59. The second kappa shape index (κ2) is 5.63. The first-order valence-electron chi connectivity index (χ1n) is 6.85. The molecule has 1 aliphatic rings. The van der Waals surface area contributed by atoms with Crippen molar-refractivity contribution >= 4 is 17.5 Å². The fraction of sp³-hybridized carbons (Fsp3) is 0.467. The summed E-state index contributed by atoms with van der Waals surface area (Å²) >= 11 is 0. The third-order valence-electron chi connectivity index (χ3n) is 3.85. The SMILES string of the molecule is CNC(=O)c1ccc(NC(=O)CC2(N)CCC2)c(C)c1. The topological polar surface area (TPSA) is 84.2 Å². The van der Waals surface area contributed by atoms with Crippen molar-refractivity contribution in [3.63, 3.8) is 0 Å². The minimum Gasteiger partial charge on any atom is -0.355 e. The summed E-state index contributed by atoms with van der Waals surface area (Å²) in [5.41, 5.74) is 7.91. The average Bonchev–Trinajstić information content (AvgIpc) is 2.38. The Kier molecular flexibility index (Phi) is 4.09. The van der Waals surface area contributed by atoms with Crippen LogP contribution in [-0.4, -0.2) is 24.4 Å². The molecule has 5 heteroatoms. The van der Waals surface area contributed by atoms with Crippen LogP contribution in [0.3, 0.4) is 0 Å². The summed E-state index contributed by atoms with van der Waals surface area (Å²) in [6, 6.07) is 5.21. The highest BCUT2D eigenvalue weighted by Crippen LogP contribution is 2.32. The van der Waals surface area contributed by atoms with E-state index in [1.807, 2.05) is 6.92 Å². The van der Waals surface area contributed by atoms with Crippen molar-refractivity contribution in [2.45, 2.75) is 38.1 Å². The zero-order valence-corrected chi connectivity index (χ0v) is 12.0. The third-order valence-corrected chi connectivity index (χ3v) is 3.85. The van der Waals surface area contributed by atoms with Crippen molar-refractivity contribution < 1.29 is 9.59 Å². The van der Waals surface area contributed by atoms with Crippen molar-refractivity contribution in [2.24, 2.45) is 5.73 Å². The molecule has 1 aromatic carbocycles. The van der Waals surface area contributed by atoms with Gasteiger partial charge in [0.15, 0.2) is 0 Å². The van der Waals surface area contributed by atoms with Crippen LogP contribution in [0.1, 0.15) is 41.6 Å². The molecule has 5 nitrogen and oxygen atoms in total. The maximum Gasteiger partial charge on any atom is 0.251 e. The van der Waals surface area contributed by atoms with Crippen LogP contribution in [0.5, 0.6) is 0 Å². The minimum atomic E-state index is -0.319. The summed E-state index contributed by atoms with van der Waals surface area (Å²) in [5.74, 6) is -0.204. The summed E-state index contributed by atoms with van der Waals surface area (Å²) in [6.45, 7) is 1.86. The number of rotatable bonds is 4. The number of carbonyl (C=O) groups excluding carboxylic acids is 2. The molecule has 108 valence electrons. The van der Waals surface area contributed by atoms with Crippen LogP contribution in [-0.2, 0) is 4.79 Å². The van der Waals surface area contributed by atoms with Crippen LogP contribution in [0.4, 0.5) is 5.69 Å². The Morgan fingerprint density at radius 2 is 2.05 bits per heavy atom.